The third kappa shape index (κ3) is 4.09. The normalized spacial score (nSPS) is 23.1. The Morgan fingerprint density at radius 1 is 1.29 bits per heavy atom. The molecule has 0 amide bonds. The Hall–Kier alpha value is -1.30. The number of aromatic nitrogens is 1. The fraction of sp³-hybridized carbons (Fsp3) is 0.667. The lowest BCUT2D eigenvalue weighted by molar-refractivity contribution is -0.137. The van der Waals surface area contributed by atoms with Gasteiger partial charge in [-0.3, -0.25) is 0 Å². The Balaban J connectivity index is 2.02. The Labute approximate surface area is 123 Å². The molecule has 1 saturated carbocycles. The first-order valence-electron chi connectivity index (χ1n) is 7.41. The molecule has 118 valence electrons. The maximum Gasteiger partial charge on any atom is 0.416 e. The van der Waals surface area contributed by atoms with Crippen LogP contribution in [-0.2, 0) is 6.18 Å². The molecule has 3 nitrogen and oxygen atoms in total. The van der Waals surface area contributed by atoms with Crippen LogP contribution in [0, 0.1) is 0 Å². The van der Waals surface area contributed by atoms with E-state index >= 15 is 0 Å². The van der Waals surface area contributed by atoms with E-state index in [1.165, 1.54) is 6.20 Å². The summed E-state index contributed by atoms with van der Waals surface area (Å²) >= 11 is 0. The first-order valence-corrected chi connectivity index (χ1v) is 7.41. The summed E-state index contributed by atoms with van der Waals surface area (Å²) in [5.41, 5.74) is -0.638. The predicted octanol–water partition coefficient (Wildman–Crippen LogP) is 3.46. The topological polar surface area (TPSA) is 28.2 Å². The van der Waals surface area contributed by atoms with Crippen LogP contribution in [0.4, 0.5) is 19.0 Å². The van der Waals surface area contributed by atoms with Crippen LogP contribution < -0.4 is 10.2 Å². The molecular formula is C15H22F3N3. The van der Waals surface area contributed by atoms with Crippen LogP contribution in [0.25, 0.3) is 0 Å². The Kier molecular flexibility index (Phi) is 5.08. The van der Waals surface area contributed by atoms with Gasteiger partial charge in [0.25, 0.3) is 0 Å². The number of hydrogen-bond acceptors (Lipinski definition) is 3. The number of nitrogens with zero attached hydrogens (tertiary/aromatic N) is 2. The summed E-state index contributed by atoms with van der Waals surface area (Å²) in [7, 11) is 1.83. The van der Waals surface area contributed by atoms with E-state index in [0.717, 1.165) is 44.4 Å². The zero-order valence-corrected chi connectivity index (χ0v) is 12.5. The first-order chi connectivity index (χ1) is 9.91. The van der Waals surface area contributed by atoms with Crippen LogP contribution in [0.15, 0.2) is 18.3 Å². The van der Waals surface area contributed by atoms with Crippen LogP contribution in [0.1, 0.15) is 38.2 Å². The van der Waals surface area contributed by atoms with Gasteiger partial charge in [0.05, 0.1) is 5.56 Å². The van der Waals surface area contributed by atoms with Gasteiger partial charge < -0.3 is 10.2 Å². The van der Waals surface area contributed by atoms with Crippen molar-refractivity contribution in [1.29, 1.82) is 0 Å². The molecule has 1 aromatic rings. The second kappa shape index (κ2) is 6.64. The monoisotopic (exact) mass is 301 g/mol. The summed E-state index contributed by atoms with van der Waals surface area (Å²) in [5, 5.41) is 3.43. The summed E-state index contributed by atoms with van der Waals surface area (Å²) in [6, 6.07) is 2.94. The maximum atomic E-state index is 12.8. The van der Waals surface area contributed by atoms with Gasteiger partial charge in [0.15, 0.2) is 0 Å². The quantitative estimate of drug-likeness (QED) is 0.923. The van der Waals surface area contributed by atoms with Crippen molar-refractivity contribution >= 4 is 5.82 Å². The third-order valence-electron chi connectivity index (χ3n) is 4.17. The van der Waals surface area contributed by atoms with Gasteiger partial charge in [0.2, 0.25) is 0 Å². The average Bonchev–Trinajstić information content (AvgIpc) is 2.47. The van der Waals surface area contributed by atoms with Gasteiger partial charge in [-0.25, -0.2) is 4.98 Å². The van der Waals surface area contributed by atoms with E-state index in [4.69, 9.17) is 0 Å². The van der Waals surface area contributed by atoms with E-state index in [9.17, 15) is 13.2 Å². The summed E-state index contributed by atoms with van der Waals surface area (Å²) in [4.78, 5) is 5.98. The largest absolute Gasteiger partial charge is 0.416 e. The van der Waals surface area contributed by atoms with Crippen molar-refractivity contribution in [2.24, 2.45) is 0 Å². The summed E-state index contributed by atoms with van der Waals surface area (Å²) in [5.74, 6) is 0.400. The molecule has 1 aliphatic carbocycles. The molecule has 0 spiro atoms. The zero-order valence-electron chi connectivity index (χ0n) is 12.5. The van der Waals surface area contributed by atoms with Crippen molar-refractivity contribution in [2.45, 2.75) is 50.9 Å². The molecule has 1 aliphatic rings. The molecule has 0 saturated heterocycles. The van der Waals surface area contributed by atoms with Crippen molar-refractivity contribution in [3.8, 4) is 0 Å². The van der Waals surface area contributed by atoms with Crippen molar-refractivity contribution < 1.29 is 13.2 Å². The number of pyridine rings is 1. The second-order valence-corrected chi connectivity index (χ2v) is 5.57. The molecule has 0 bridgehead atoms. The smallest absolute Gasteiger partial charge is 0.357 e. The van der Waals surface area contributed by atoms with Gasteiger partial charge in [-0.2, -0.15) is 13.2 Å². The Bertz CT molecular complexity index is 454. The van der Waals surface area contributed by atoms with E-state index in [0.29, 0.717) is 11.9 Å². The lowest BCUT2D eigenvalue weighted by atomic mass is 9.90. The Morgan fingerprint density at radius 3 is 2.52 bits per heavy atom. The van der Waals surface area contributed by atoms with E-state index in [2.05, 4.69) is 17.2 Å². The van der Waals surface area contributed by atoms with Crippen LogP contribution in [0.2, 0.25) is 0 Å². The van der Waals surface area contributed by atoms with Crippen molar-refractivity contribution in [2.75, 3.05) is 18.5 Å². The summed E-state index contributed by atoms with van der Waals surface area (Å²) < 4.78 is 38.3. The van der Waals surface area contributed by atoms with E-state index in [-0.39, 0.29) is 6.04 Å². The molecule has 21 heavy (non-hydrogen) atoms. The van der Waals surface area contributed by atoms with Crippen molar-refractivity contribution in [1.82, 2.24) is 10.3 Å². The minimum absolute atomic E-state index is 0.260. The standard InChI is InChI=1S/C15H22F3N3/c1-3-19-12-4-6-13(7-5-12)21(2)14-10-11(8-9-20-14)15(16,17)18/h8-10,12-13,19H,3-7H2,1-2H3. The molecule has 1 N–H and O–H groups in total. The fourth-order valence-electron chi connectivity index (χ4n) is 2.93. The lowest BCUT2D eigenvalue weighted by Crippen LogP contribution is -2.41. The van der Waals surface area contributed by atoms with Crippen molar-refractivity contribution in [3.05, 3.63) is 23.9 Å². The number of anilines is 1. The minimum Gasteiger partial charge on any atom is -0.357 e. The van der Waals surface area contributed by atoms with E-state index in [1.54, 1.807) is 0 Å². The molecule has 6 heteroatoms. The number of rotatable bonds is 4. The highest BCUT2D eigenvalue weighted by Crippen LogP contribution is 2.32. The second-order valence-electron chi connectivity index (χ2n) is 5.57. The zero-order chi connectivity index (χ0) is 15.5. The van der Waals surface area contributed by atoms with Crippen LogP contribution in [-0.4, -0.2) is 30.7 Å². The molecule has 0 radical (unpaired) electrons. The fourth-order valence-corrected chi connectivity index (χ4v) is 2.93. The van der Waals surface area contributed by atoms with Gasteiger partial charge in [0, 0.05) is 25.3 Å². The molecule has 0 atom stereocenters. The molecule has 0 aromatic carbocycles. The number of nitrogens with one attached hydrogen (secondary N) is 1. The number of hydrogen-bond donors (Lipinski definition) is 1. The average molecular weight is 301 g/mol. The number of halogens is 3. The van der Waals surface area contributed by atoms with Gasteiger partial charge >= 0.3 is 6.18 Å². The molecule has 1 aromatic heterocycles. The first kappa shape index (κ1) is 16.1. The Morgan fingerprint density at radius 2 is 1.95 bits per heavy atom. The summed E-state index contributed by atoms with van der Waals surface area (Å²) in [6.45, 7) is 3.05. The highest BCUT2D eigenvalue weighted by molar-refractivity contribution is 5.42. The highest BCUT2D eigenvalue weighted by atomic mass is 19.4. The maximum absolute atomic E-state index is 12.8. The van der Waals surface area contributed by atoms with Gasteiger partial charge in [-0.15, -0.1) is 0 Å². The predicted molar refractivity (Wildman–Crippen MR) is 77.4 cm³/mol. The van der Waals surface area contributed by atoms with E-state index in [1.807, 2.05) is 11.9 Å². The number of alkyl halides is 3. The minimum atomic E-state index is -4.32. The molecule has 1 heterocycles. The SMILES string of the molecule is CCNC1CCC(N(C)c2cc(C(F)(F)F)ccn2)CC1. The third-order valence-corrected chi connectivity index (χ3v) is 4.17. The van der Waals surface area contributed by atoms with E-state index < -0.39 is 11.7 Å². The molecule has 2 rings (SSSR count). The van der Waals surface area contributed by atoms with Crippen molar-refractivity contribution in [3.63, 3.8) is 0 Å². The highest BCUT2D eigenvalue weighted by Gasteiger charge is 2.32. The van der Waals surface area contributed by atoms with Gasteiger partial charge in [0.1, 0.15) is 5.82 Å². The molecule has 0 aliphatic heterocycles. The van der Waals surface area contributed by atoms with Crippen LogP contribution in [0.3, 0.4) is 0 Å². The van der Waals surface area contributed by atoms with Gasteiger partial charge in [-0.1, -0.05) is 6.92 Å². The molecular weight excluding hydrogens is 279 g/mol. The molecule has 0 unspecified atom stereocenters. The summed E-state index contributed by atoms with van der Waals surface area (Å²) in [6.07, 6.45) is 0.988. The van der Waals surface area contributed by atoms with Gasteiger partial charge in [-0.05, 0) is 44.4 Å². The van der Waals surface area contributed by atoms with Crippen LogP contribution in [0.5, 0.6) is 0 Å². The van der Waals surface area contributed by atoms with Crippen LogP contribution >= 0.6 is 0 Å². The lowest BCUT2D eigenvalue weighted by Gasteiger charge is -2.35. The molecule has 1 fully saturated rings.